The molecule has 0 aromatic heterocycles. The maximum Gasteiger partial charge on any atom is 0.214 e. The van der Waals surface area contributed by atoms with Gasteiger partial charge in [0.2, 0.25) is 10.0 Å². The van der Waals surface area contributed by atoms with Gasteiger partial charge in [-0.15, -0.1) is 0 Å². The first kappa shape index (κ1) is 15.9. The number of hydrogen-bond donors (Lipinski definition) is 2. The minimum absolute atomic E-state index is 0.398. The van der Waals surface area contributed by atoms with Gasteiger partial charge in [-0.1, -0.05) is 18.2 Å². The molecule has 108 valence electrons. The van der Waals surface area contributed by atoms with E-state index in [0.717, 1.165) is 0 Å². The maximum absolute atomic E-state index is 11.9. The Balaban J connectivity index is 2.88. The third kappa shape index (κ3) is 5.18. The van der Waals surface area contributed by atoms with Crippen molar-refractivity contribution in [3.8, 4) is 5.75 Å². The first-order valence-corrected chi connectivity index (χ1v) is 7.62. The quantitative estimate of drug-likeness (QED) is 0.859. The highest BCUT2D eigenvalue weighted by Gasteiger charge is 2.25. The Hall–Kier alpha value is -1.11. The van der Waals surface area contributed by atoms with E-state index in [0.29, 0.717) is 11.3 Å². The molecule has 0 aliphatic heterocycles. The van der Waals surface area contributed by atoms with Gasteiger partial charge in [0.15, 0.2) is 0 Å². The number of methoxy groups -OCH3 is 1. The van der Waals surface area contributed by atoms with Crippen LogP contribution >= 0.6 is 0 Å². The van der Waals surface area contributed by atoms with Gasteiger partial charge in [0.25, 0.3) is 0 Å². The molecule has 1 aromatic rings. The first-order chi connectivity index (χ1) is 8.64. The number of nitrogens with one attached hydrogen (secondary N) is 1. The van der Waals surface area contributed by atoms with E-state index in [-0.39, 0.29) is 0 Å². The van der Waals surface area contributed by atoms with Gasteiger partial charge in [-0.2, -0.15) is 0 Å². The molecule has 2 N–H and O–H groups in total. The van der Waals surface area contributed by atoms with Gasteiger partial charge in [-0.25, -0.2) is 13.1 Å². The SMILES string of the molecule is COc1ccccc1[C@H](O)CS(=O)(=O)NC(C)(C)C. The second-order valence-electron chi connectivity index (χ2n) is 5.39. The van der Waals surface area contributed by atoms with Crippen molar-refractivity contribution in [3.63, 3.8) is 0 Å². The Morgan fingerprint density at radius 3 is 2.42 bits per heavy atom. The molecule has 0 unspecified atom stereocenters. The van der Waals surface area contributed by atoms with Crippen LogP contribution in [0.25, 0.3) is 0 Å². The van der Waals surface area contributed by atoms with Gasteiger partial charge in [0.05, 0.1) is 19.0 Å². The number of para-hydroxylation sites is 1. The molecule has 0 spiro atoms. The van der Waals surface area contributed by atoms with E-state index >= 15 is 0 Å². The monoisotopic (exact) mass is 287 g/mol. The normalized spacial score (nSPS) is 14.2. The van der Waals surface area contributed by atoms with E-state index < -0.39 is 27.4 Å². The molecule has 0 radical (unpaired) electrons. The van der Waals surface area contributed by atoms with Crippen LogP contribution in [-0.2, 0) is 10.0 Å². The smallest absolute Gasteiger partial charge is 0.214 e. The van der Waals surface area contributed by atoms with Gasteiger partial charge >= 0.3 is 0 Å². The van der Waals surface area contributed by atoms with E-state index in [1.165, 1.54) is 7.11 Å². The largest absolute Gasteiger partial charge is 0.496 e. The lowest BCUT2D eigenvalue weighted by atomic mass is 10.1. The Morgan fingerprint density at radius 2 is 1.89 bits per heavy atom. The fraction of sp³-hybridized carbons (Fsp3) is 0.538. The number of ether oxygens (including phenoxy) is 1. The third-order valence-corrected chi connectivity index (χ3v) is 4.01. The highest BCUT2D eigenvalue weighted by molar-refractivity contribution is 7.89. The number of hydrogen-bond acceptors (Lipinski definition) is 4. The number of benzene rings is 1. The minimum atomic E-state index is -3.57. The summed E-state index contributed by atoms with van der Waals surface area (Å²) in [5.74, 6) is 0.0749. The summed E-state index contributed by atoms with van der Waals surface area (Å²) in [6.07, 6.45) is -1.13. The first-order valence-electron chi connectivity index (χ1n) is 5.97. The number of sulfonamides is 1. The molecule has 0 saturated heterocycles. The molecule has 1 atom stereocenters. The van der Waals surface area contributed by atoms with Crippen molar-refractivity contribution >= 4 is 10.0 Å². The Morgan fingerprint density at radius 1 is 1.32 bits per heavy atom. The summed E-state index contributed by atoms with van der Waals surface area (Å²) in [5.41, 5.74) is -0.108. The van der Waals surface area contributed by atoms with Gasteiger partial charge < -0.3 is 9.84 Å². The number of rotatable bonds is 5. The molecule has 0 bridgehead atoms. The van der Waals surface area contributed by atoms with Crippen molar-refractivity contribution in [1.82, 2.24) is 4.72 Å². The summed E-state index contributed by atoms with van der Waals surface area (Å²) in [4.78, 5) is 0. The zero-order valence-electron chi connectivity index (χ0n) is 11.7. The van der Waals surface area contributed by atoms with Gasteiger partial charge in [-0.05, 0) is 26.8 Å². The predicted octanol–water partition coefficient (Wildman–Crippen LogP) is 1.45. The van der Waals surface area contributed by atoms with Crippen LogP contribution in [0.1, 0.15) is 32.4 Å². The van der Waals surface area contributed by atoms with Gasteiger partial charge in [-0.3, -0.25) is 0 Å². The van der Waals surface area contributed by atoms with Gasteiger partial charge in [0, 0.05) is 11.1 Å². The predicted molar refractivity (Wildman–Crippen MR) is 74.6 cm³/mol. The molecule has 0 aliphatic carbocycles. The molecule has 5 nitrogen and oxygen atoms in total. The fourth-order valence-electron chi connectivity index (χ4n) is 1.75. The van der Waals surface area contributed by atoms with Crippen LogP contribution in [0.3, 0.4) is 0 Å². The lowest BCUT2D eigenvalue weighted by Crippen LogP contribution is -2.42. The van der Waals surface area contributed by atoms with E-state index in [1.807, 2.05) is 0 Å². The standard InChI is InChI=1S/C13H21NO4S/c1-13(2,3)14-19(16,17)9-11(15)10-7-5-6-8-12(10)18-4/h5-8,11,14-15H,9H2,1-4H3/t11-/m1/s1. The molecule has 1 aromatic carbocycles. The highest BCUT2D eigenvalue weighted by Crippen LogP contribution is 2.25. The molecule has 6 heteroatoms. The molecular weight excluding hydrogens is 266 g/mol. The van der Waals surface area contributed by atoms with Crippen LogP contribution in [0.2, 0.25) is 0 Å². The summed E-state index contributed by atoms with van der Waals surface area (Å²) < 4.78 is 31.4. The van der Waals surface area contributed by atoms with E-state index in [2.05, 4.69) is 4.72 Å². The van der Waals surface area contributed by atoms with E-state index in [4.69, 9.17) is 4.74 Å². The molecule has 0 amide bonds. The summed E-state index contributed by atoms with van der Waals surface area (Å²) in [6, 6.07) is 6.82. The second-order valence-corrected chi connectivity index (χ2v) is 7.16. The Labute approximate surface area is 114 Å². The summed E-state index contributed by atoms with van der Waals surface area (Å²) in [7, 11) is -2.09. The molecule has 19 heavy (non-hydrogen) atoms. The molecule has 0 fully saturated rings. The van der Waals surface area contributed by atoms with Crippen LogP contribution in [0.4, 0.5) is 0 Å². The molecule has 1 rings (SSSR count). The number of aliphatic hydroxyl groups is 1. The number of aliphatic hydroxyl groups excluding tert-OH is 1. The van der Waals surface area contributed by atoms with Crippen molar-refractivity contribution in [2.75, 3.05) is 12.9 Å². The minimum Gasteiger partial charge on any atom is -0.496 e. The molecule has 0 saturated carbocycles. The van der Waals surface area contributed by atoms with E-state index in [9.17, 15) is 13.5 Å². The highest BCUT2D eigenvalue weighted by atomic mass is 32.2. The van der Waals surface area contributed by atoms with Crippen molar-refractivity contribution in [2.45, 2.75) is 32.4 Å². The van der Waals surface area contributed by atoms with Crippen molar-refractivity contribution in [1.29, 1.82) is 0 Å². The lowest BCUT2D eigenvalue weighted by Gasteiger charge is -2.22. The molecule has 0 heterocycles. The van der Waals surface area contributed by atoms with Crippen LogP contribution < -0.4 is 9.46 Å². The zero-order chi connectivity index (χ0) is 14.7. The molecular formula is C13H21NO4S. The Kier molecular flexibility index (Phi) is 4.95. The summed E-state index contributed by atoms with van der Waals surface area (Å²) >= 11 is 0. The van der Waals surface area contributed by atoms with Crippen molar-refractivity contribution in [3.05, 3.63) is 29.8 Å². The Bertz CT molecular complexity index is 520. The van der Waals surface area contributed by atoms with Crippen LogP contribution in [0.5, 0.6) is 5.75 Å². The van der Waals surface area contributed by atoms with Crippen molar-refractivity contribution < 1.29 is 18.3 Å². The van der Waals surface area contributed by atoms with Crippen LogP contribution in [0.15, 0.2) is 24.3 Å². The fourth-order valence-corrected chi connectivity index (χ4v) is 3.36. The van der Waals surface area contributed by atoms with Crippen LogP contribution in [-0.4, -0.2) is 31.9 Å². The maximum atomic E-state index is 11.9. The summed E-state index contributed by atoms with van der Waals surface area (Å²) in [5, 5.41) is 10.1. The second kappa shape index (κ2) is 5.90. The zero-order valence-corrected chi connectivity index (χ0v) is 12.5. The van der Waals surface area contributed by atoms with E-state index in [1.54, 1.807) is 45.0 Å². The summed E-state index contributed by atoms with van der Waals surface area (Å²) in [6.45, 7) is 5.25. The van der Waals surface area contributed by atoms with Crippen molar-refractivity contribution in [2.24, 2.45) is 0 Å². The average Bonchev–Trinajstić information content (AvgIpc) is 2.24. The topological polar surface area (TPSA) is 75.6 Å². The third-order valence-electron chi connectivity index (χ3n) is 2.34. The molecule has 0 aliphatic rings. The van der Waals surface area contributed by atoms with Crippen LogP contribution in [0, 0.1) is 0 Å². The average molecular weight is 287 g/mol. The van der Waals surface area contributed by atoms with Gasteiger partial charge in [0.1, 0.15) is 5.75 Å². The lowest BCUT2D eigenvalue weighted by molar-refractivity contribution is 0.196.